The zero-order chi connectivity index (χ0) is 15.0. The van der Waals surface area contributed by atoms with E-state index in [1.807, 2.05) is 6.92 Å². The molecule has 0 unspecified atom stereocenters. The molecule has 2 rings (SSSR count). The Morgan fingerprint density at radius 3 is 2.35 bits per heavy atom. The van der Waals surface area contributed by atoms with Crippen molar-refractivity contribution >= 4 is 10.0 Å². The number of aromatic nitrogens is 1. The molecule has 1 aromatic heterocycles. The smallest absolute Gasteiger partial charge is 0.244 e. The predicted octanol–water partition coefficient (Wildman–Crippen LogP) is 1.81. The quantitative estimate of drug-likeness (QED) is 0.922. The second-order valence-corrected chi connectivity index (χ2v) is 8.12. The number of aryl methyl sites for hydroxylation is 1. The summed E-state index contributed by atoms with van der Waals surface area (Å²) in [5.41, 5.74) is 0.862. The van der Waals surface area contributed by atoms with Crippen LogP contribution >= 0.6 is 0 Å². The van der Waals surface area contributed by atoms with Gasteiger partial charge in [-0.25, -0.2) is 8.42 Å². The van der Waals surface area contributed by atoms with Crippen LogP contribution in [0.5, 0.6) is 0 Å². The second kappa shape index (κ2) is 5.50. The van der Waals surface area contributed by atoms with Crippen molar-refractivity contribution in [2.24, 2.45) is 5.41 Å². The molecule has 1 aromatic rings. The number of nitrogens with zero attached hydrogens (tertiary/aromatic N) is 2. The number of sulfonamides is 1. The fraction of sp³-hybridized carbons (Fsp3) is 0.714. The summed E-state index contributed by atoms with van der Waals surface area (Å²) in [7, 11) is -3.43. The van der Waals surface area contributed by atoms with Crippen LogP contribution in [0.25, 0.3) is 0 Å². The molecule has 0 spiro atoms. The third-order valence-corrected chi connectivity index (χ3v) is 6.04. The van der Waals surface area contributed by atoms with E-state index in [1.165, 1.54) is 0 Å². The summed E-state index contributed by atoms with van der Waals surface area (Å²) in [6.07, 6.45) is 3.39. The average molecular weight is 300 g/mol. The Kier molecular flexibility index (Phi) is 4.27. The van der Waals surface area contributed by atoms with Gasteiger partial charge in [0.15, 0.2) is 0 Å². The van der Waals surface area contributed by atoms with Crippen LogP contribution in [0.3, 0.4) is 0 Å². The minimum Gasteiger partial charge on any atom is -0.390 e. The summed E-state index contributed by atoms with van der Waals surface area (Å²) in [6.45, 7) is 7.93. The van der Waals surface area contributed by atoms with Crippen LogP contribution in [0, 0.1) is 5.41 Å². The SMILES string of the molecule is CCn1cc(S(=O)(=O)N2CCC(C)(C)CC2)cc1CO. The molecule has 0 aliphatic carbocycles. The standard InChI is InChI=1S/C14H24N2O3S/c1-4-15-10-13(9-12(15)11-17)20(18,19)16-7-5-14(2,3)6-8-16/h9-10,17H,4-8,11H2,1-3H3. The number of aliphatic hydroxyl groups excluding tert-OH is 1. The lowest BCUT2D eigenvalue weighted by Gasteiger charge is -2.35. The highest BCUT2D eigenvalue weighted by atomic mass is 32.2. The zero-order valence-electron chi connectivity index (χ0n) is 12.5. The molecule has 1 fully saturated rings. The van der Waals surface area contributed by atoms with E-state index in [0.717, 1.165) is 12.8 Å². The summed E-state index contributed by atoms with van der Waals surface area (Å²) < 4.78 is 28.6. The molecule has 2 heterocycles. The molecule has 20 heavy (non-hydrogen) atoms. The third kappa shape index (κ3) is 2.92. The van der Waals surface area contributed by atoms with Gasteiger partial charge in [-0.1, -0.05) is 13.8 Å². The van der Waals surface area contributed by atoms with Crippen molar-refractivity contribution in [2.45, 2.75) is 51.7 Å². The van der Waals surface area contributed by atoms with Crippen molar-refractivity contribution in [1.29, 1.82) is 0 Å². The lowest BCUT2D eigenvalue weighted by Crippen LogP contribution is -2.40. The number of hydrogen-bond donors (Lipinski definition) is 1. The third-order valence-electron chi connectivity index (χ3n) is 4.18. The van der Waals surface area contributed by atoms with Crippen molar-refractivity contribution in [3.8, 4) is 0 Å². The molecule has 114 valence electrons. The number of hydrogen-bond acceptors (Lipinski definition) is 3. The molecule has 0 amide bonds. The summed E-state index contributed by atoms with van der Waals surface area (Å²) in [5.74, 6) is 0. The van der Waals surface area contributed by atoms with E-state index >= 15 is 0 Å². The average Bonchev–Trinajstić information content (AvgIpc) is 2.82. The largest absolute Gasteiger partial charge is 0.390 e. The Labute approximate surface area is 121 Å². The summed E-state index contributed by atoms with van der Waals surface area (Å²) in [6, 6.07) is 1.58. The first kappa shape index (κ1) is 15.5. The molecule has 0 atom stereocenters. The Bertz CT molecular complexity index is 544. The Hall–Kier alpha value is -0.850. The van der Waals surface area contributed by atoms with Gasteiger partial charge >= 0.3 is 0 Å². The molecule has 1 saturated heterocycles. The second-order valence-electron chi connectivity index (χ2n) is 6.18. The fourth-order valence-corrected chi connectivity index (χ4v) is 4.08. The fourth-order valence-electron chi connectivity index (χ4n) is 2.57. The first-order valence-corrected chi connectivity index (χ1v) is 8.54. The van der Waals surface area contributed by atoms with Crippen molar-refractivity contribution in [3.05, 3.63) is 18.0 Å². The lowest BCUT2D eigenvalue weighted by atomic mass is 9.83. The molecule has 0 aromatic carbocycles. The maximum Gasteiger partial charge on any atom is 0.244 e. The Balaban J connectivity index is 2.25. The van der Waals surface area contributed by atoms with E-state index in [4.69, 9.17) is 0 Å². The van der Waals surface area contributed by atoms with Gasteiger partial charge in [0.2, 0.25) is 10.0 Å². The van der Waals surface area contributed by atoms with Crippen molar-refractivity contribution in [1.82, 2.24) is 8.87 Å². The molecule has 5 nitrogen and oxygen atoms in total. The van der Waals surface area contributed by atoms with E-state index in [1.54, 1.807) is 21.1 Å². The molecule has 0 saturated carbocycles. The maximum absolute atomic E-state index is 12.6. The minimum absolute atomic E-state index is 0.142. The van der Waals surface area contributed by atoms with Crippen LogP contribution in [0.2, 0.25) is 0 Å². The maximum atomic E-state index is 12.6. The van der Waals surface area contributed by atoms with Crippen molar-refractivity contribution in [3.63, 3.8) is 0 Å². The van der Waals surface area contributed by atoms with E-state index in [0.29, 0.717) is 30.2 Å². The normalized spacial score (nSPS) is 20.2. The predicted molar refractivity (Wildman–Crippen MR) is 77.8 cm³/mol. The molecule has 1 aliphatic heterocycles. The summed E-state index contributed by atoms with van der Waals surface area (Å²) >= 11 is 0. The highest BCUT2D eigenvalue weighted by Gasteiger charge is 2.33. The molecule has 0 radical (unpaired) electrons. The van der Waals surface area contributed by atoms with Gasteiger partial charge < -0.3 is 9.67 Å². The molecular formula is C14H24N2O3S. The lowest BCUT2D eigenvalue weighted by molar-refractivity contribution is 0.196. The van der Waals surface area contributed by atoms with E-state index in [2.05, 4.69) is 13.8 Å². The molecule has 0 bridgehead atoms. The van der Waals surface area contributed by atoms with Gasteiger partial charge in [0, 0.05) is 31.5 Å². The van der Waals surface area contributed by atoms with Crippen LogP contribution in [0.1, 0.15) is 39.3 Å². The highest BCUT2D eigenvalue weighted by Crippen LogP contribution is 2.32. The van der Waals surface area contributed by atoms with Gasteiger partial charge in [-0.2, -0.15) is 4.31 Å². The van der Waals surface area contributed by atoms with Gasteiger partial charge in [0.05, 0.1) is 6.61 Å². The number of rotatable bonds is 4. The Morgan fingerprint density at radius 1 is 1.30 bits per heavy atom. The van der Waals surface area contributed by atoms with Gasteiger partial charge in [-0.05, 0) is 31.2 Å². The number of piperidine rings is 1. The Morgan fingerprint density at radius 2 is 1.90 bits per heavy atom. The first-order chi connectivity index (χ1) is 9.30. The molecular weight excluding hydrogens is 276 g/mol. The van der Waals surface area contributed by atoms with Gasteiger partial charge in [-0.3, -0.25) is 0 Å². The number of aliphatic hydroxyl groups is 1. The zero-order valence-corrected chi connectivity index (χ0v) is 13.3. The van der Waals surface area contributed by atoms with Crippen LogP contribution in [0.4, 0.5) is 0 Å². The topological polar surface area (TPSA) is 62.5 Å². The first-order valence-electron chi connectivity index (χ1n) is 7.10. The highest BCUT2D eigenvalue weighted by molar-refractivity contribution is 7.89. The van der Waals surface area contributed by atoms with E-state index in [9.17, 15) is 13.5 Å². The summed E-state index contributed by atoms with van der Waals surface area (Å²) in [5, 5.41) is 9.28. The van der Waals surface area contributed by atoms with E-state index in [-0.39, 0.29) is 12.0 Å². The van der Waals surface area contributed by atoms with Crippen LogP contribution in [-0.4, -0.2) is 35.5 Å². The molecule has 1 aliphatic rings. The van der Waals surface area contributed by atoms with Crippen molar-refractivity contribution < 1.29 is 13.5 Å². The van der Waals surface area contributed by atoms with Gasteiger partial charge in [-0.15, -0.1) is 0 Å². The minimum atomic E-state index is -3.43. The summed E-state index contributed by atoms with van der Waals surface area (Å²) in [4.78, 5) is 0.295. The van der Waals surface area contributed by atoms with Gasteiger partial charge in [0.1, 0.15) is 4.90 Å². The van der Waals surface area contributed by atoms with Crippen LogP contribution < -0.4 is 0 Å². The van der Waals surface area contributed by atoms with E-state index < -0.39 is 10.0 Å². The van der Waals surface area contributed by atoms with Crippen LogP contribution in [0.15, 0.2) is 17.2 Å². The van der Waals surface area contributed by atoms with Gasteiger partial charge in [0.25, 0.3) is 0 Å². The molecule has 6 heteroatoms. The van der Waals surface area contributed by atoms with Crippen molar-refractivity contribution in [2.75, 3.05) is 13.1 Å². The molecule has 1 N–H and O–H groups in total. The monoisotopic (exact) mass is 300 g/mol. The van der Waals surface area contributed by atoms with Crippen LogP contribution in [-0.2, 0) is 23.2 Å².